The lowest BCUT2D eigenvalue weighted by atomic mass is 10.1. The molecule has 2 N–H and O–H groups in total. The van der Waals surface area contributed by atoms with Crippen molar-refractivity contribution in [3.63, 3.8) is 0 Å². The second-order valence-electron chi connectivity index (χ2n) is 5.11. The average Bonchev–Trinajstić information content (AvgIpc) is 2.97. The van der Waals surface area contributed by atoms with Crippen LogP contribution in [-0.2, 0) is 14.8 Å². The van der Waals surface area contributed by atoms with Gasteiger partial charge < -0.3 is 4.74 Å². The summed E-state index contributed by atoms with van der Waals surface area (Å²) < 4.78 is 30.5. The summed E-state index contributed by atoms with van der Waals surface area (Å²) in [5, 5.41) is 0. The minimum Gasteiger partial charge on any atom is -0.481 e. The van der Waals surface area contributed by atoms with Crippen molar-refractivity contribution in [2.75, 3.05) is 0 Å². The lowest BCUT2D eigenvalue weighted by Gasteiger charge is -2.17. The molecule has 24 heavy (non-hydrogen) atoms. The molecule has 0 bridgehead atoms. The number of carbonyl (C=O) groups is 1. The van der Waals surface area contributed by atoms with Crippen molar-refractivity contribution in [2.24, 2.45) is 0 Å². The molecule has 0 saturated carbocycles. The zero-order chi connectivity index (χ0) is 17.9. The van der Waals surface area contributed by atoms with Gasteiger partial charge in [-0.25, -0.2) is 8.42 Å². The maximum absolute atomic E-state index is 12.1. The van der Waals surface area contributed by atoms with Crippen LogP contribution in [0.3, 0.4) is 0 Å². The van der Waals surface area contributed by atoms with Gasteiger partial charge in [0, 0.05) is 0 Å². The fraction of sp³-hybridized carbons (Fsp3) is 0.267. The fourth-order valence-electron chi connectivity index (χ4n) is 1.81. The number of amides is 1. The van der Waals surface area contributed by atoms with Crippen LogP contribution in [0.5, 0.6) is 5.75 Å². The Morgan fingerprint density at radius 1 is 1.25 bits per heavy atom. The molecule has 2 aromatic rings. The van der Waals surface area contributed by atoms with Crippen LogP contribution in [0.2, 0.25) is 0 Å². The zero-order valence-electron chi connectivity index (χ0n) is 13.3. The van der Waals surface area contributed by atoms with Gasteiger partial charge >= 0.3 is 0 Å². The van der Waals surface area contributed by atoms with E-state index in [2.05, 4.69) is 26.2 Å². The van der Waals surface area contributed by atoms with Gasteiger partial charge in [-0.2, -0.15) is 0 Å². The van der Waals surface area contributed by atoms with E-state index >= 15 is 0 Å². The van der Waals surface area contributed by atoms with E-state index in [0.29, 0.717) is 9.54 Å². The summed E-state index contributed by atoms with van der Waals surface area (Å²) >= 11 is 4.24. The third-order valence-electron chi connectivity index (χ3n) is 3.35. The standard InChI is InChI=1S/C15H17BrN2O4S2/c1-9-5-4-6-12(10(9)2)22-11(3)15(19)17-18-24(20,21)14-8-7-13(16)23-14/h4-8,11,18H,1-3H3,(H,17,19). The summed E-state index contributed by atoms with van der Waals surface area (Å²) in [5.41, 5.74) is 4.15. The van der Waals surface area contributed by atoms with Crippen LogP contribution in [0.4, 0.5) is 0 Å². The number of hydrazine groups is 1. The molecular weight excluding hydrogens is 416 g/mol. The normalized spacial score (nSPS) is 12.7. The van der Waals surface area contributed by atoms with E-state index in [1.54, 1.807) is 19.1 Å². The highest BCUT2D eigenvalue weighted by Crippen LogP contribution is 2.25. The molecule has 0 aliphatic heterocycles. The minimum absolute atomic E-state index is 0.0952. The van der Waals surface area contributed by atoms with Crippen molar-refractivity contribution in [3.8, 4) is 5.75 Å². The number of benzene rings is 1. The average molecular weight is 433 g/mol. The Morgan fingerprint density at radius 2 is 1.96 bits per heavy atom. The SMILES string of the molecule is Cc1cccc(OC(C)C(=O)NNS(=O)(=O)c2ccc(Br)s2)c1C. The third-order valence-corrected chi connectivity index (χ3v) is 6.71. The Hall–Kier alpha value is -1.42. The maximum Gasteiger partial charge on any atom is 0.275 e. The van der Waals surface area contributed by atoms with Gasteiger partial charge in [0.25, 0.3) is 15.9 Å². The Kier molecular flexibility index (Phi) is 6.02. The van der Waals surface area contributed by atoms with Gasteiger partial charge in [-0.15, -0.1) is 16.2 Å². The summed E-state index contributed by atoms with van der Waals surface area (Å²) in [6.07, 6.45) is -0.858. The molecule has 0 radical (unpaired) electrons. The number of rotatable bonds is 6. The number of ether oxygens (including phenoxy) is 1. The fourth-order valence-corrected chi connectivity index (χ4v) is 4.66. The van der Waals surface area contributed by atoms with Crippen LogP contribution in [0, 0.1) is 13.8 Å². The molecule has 9 heteroatoms. The summed E-state index contributed by atoms with van der Waals surface area (Å²) in [4.78, 5) is 14.1. The molecule has 1 aromatic carbocycles. The number of carbonyl (C=O) groups excluding carboxylic acids is 1. The van der Waals surface area contributed by atoms with Crippen molar-refractivity contribution in [3.05, 3.63) is 45.2 Å². The monoisotopic (exact) mass is 432 g/mol. The highest BCUT2D eigenvalue weighted by atomic mass is 79.9. The highest BCUT2D eigenvalue weighted by molar-refractivity contribution is 9.11. The van der Waals surface area contributed by atoms with Gasteiger partial charge in [-0.05, 0) is 66.0 Å². The van der Waals surface area contributed by atoms with Crippen molar-refractivity contribution in [2.45, 2.75) is 31.1 Å². The molecular formula is C15H17BrN2O4S2. The molecule has 2 rings (SSSR count). The van der Waals surface area contributed by atoms with E-state index in [-0.39, 0.29) is 4.21 Å². The second-order valence-corrected chi connectivity index (χ2v) is 9.48. The minimum atomic E-state index is -3.80. The first kappa shape index (κ1) is 18.9. The van der Waals surface area contributed by atoms with Crippen molar-refractivity contribution >= 4 is 43.2 Å². The van der Waals surface area contributed by atoms with Gasteiger partial charge in [0.05, 0.1) is 3.79 Å². The summed E-state index contributed by atoms with van der Waals surface area (Å²) in [7, 11) is -3.80. The molecule has 0 aliphatic rings. The Balaban J connectivity index is 1.98. The van der Waals surface area contributed by atoms with Gasteiger partial charge in [-0.3, -0.25) is 10.2 Å². The van der Waals surface area contributed by atoms with Crippen molar-refractivity contribution in [1.29, 1.82) is 0 Å². The van der Waals surface area contributed by atoms with Crippen LogP contribution in [-0.4, -0.2) is 20.4 Å². The third kappa shape index (κ3) is 4.56. The molecule has 0 spiro atoms. The first-order chi connectivity index (χ1) is 11.2. The lowest BCUT2D eigenvalue weighted by molar-refractivity contribution is -0.127. The van der Waals surface area contributed by atoms with Crippen LogP contribution < -0.4 is 15.0 Å². The van der Waals surface area contributed by atoms with Gasteiger partial charge in [0.1, 0.15) is 9.96 Å². The van der Waals surface area contributed by atoms with Crippen LogP contribution in [0.15, 0.2) is 38.3 Å². The Morgan fingerprint density at radius 3 is 2.58 bits per heavy atom. The largest absolute Gasteiger partial charge is 0.481 e. The van der Waals surface area contributed by atoms with E-state index in [0.717, 1.165) is 22.5 Å². The van der Waals surface area contributed by atoms with Gasteiger partial charge in [0.2, 0.25) is 0 Å². The first-order valence-electron chi connectivity index (χ1n) is 7.00. The summed E-state index contributed by atoms with van der Waals surface area (Å²) in [5.74, 6) is -0.00204. The molecule has 1 heterocycles. The molecule has 6 nitrogen and oxygen atoms in total. The van der Waals surface area contributed by atoms with Crippen LogP contribution >= 0.6 is 27.3 Å². The van der Waals surface area contributed by atoms with E-state index < -0.39 is 22.0 Å². The molecule has 0 fully saturated rings. The molecule has 0 saturated heterocycles. The van der Waals surface area contributed by atoms with Gasteiger partial charge in [0.15, 0.2) is 6.10 Å². The smallest absolute Gasteiger partial charge is 0.275 e. The number of hydrogen-bond acceptors (Lipinski definition) is 5. The molecule has 1 amide bonds. The van der Waals surface area contributed by atoms with E-state index in [1.165, 1.54) is 6.07 Å². The number of sulfonamides is 1. The van der Waals surface area contributed by atoms with E-state index in [9.17, 15) is 13.2 Å². The second kappa shape index (κ2) is 7.64. The van der Waals surface area contributed by atoms with Crippen molar-refractivity contribution in [1.82, 2.24) is 10.3 Å². The topological polar surface area (TPSA) is 84.5 Å². The Bertz CT molecular complexity index is 849. The van der Waals surface area contributed by atoms with Crippen molar-refractivity contribution < 1.29 is 17.9 Å². The molecule has 1 unspecified atom stereocenters. The highest BCUT2D eigenvalue weighted by Gasteiger charge is 2.21. The quantitative estimate of drug-likeness (QED) is 0.687. The molecule has 1 atom stereocenters. The first-order valence-corrected chi connectivity index (χ1v) is 10.1. The summed E-state index contributed by atoms with van der Waals surface area (Å²) in [6, 6.07) is 8.60. The molecule has 1 aromatic heterocycles. The van der Waals surface area contributed by atoms with Crippen LogP contribution in [0.1, 0.15) is 18.1 Å². The van der Waals surface area contributed by atoms with E-state index in [4.69, 9.17) is 4.74 Å². The Labute approximate surface area is 153 Å². The zero-order valence-corrected chi connectivity index (χ0v) is 16.5. The van der Waals surface area contributed by atoms with Crippen LogP contribution in [0.25, 0.3) is 0 Å². The molecule has 130 valence electrons. The lowest BCUT2D eigenvalue weighted by Crippen LogP contribution is -2.46. The predicted octanol–water partition coefficient (Wildman–Crippen LogP) is 2.90. The number of thiophene rings is 1. The number of halogens is 1. The van der Waals surface area contributed by atoms with Gasteiger partial charge in [-0.1, -0.05) is 12.1 Å². The molecule has 0 aliphatic carbocycles. The predicted molar refractivity (Wildman–Crippen MR) is 96.5 cm³/mol. The number of nitrogens with one attached hydrogen (secondary N) is 2. The maximum atomic E-state index is 12.1. The summed E-state index contributed by atoms with van der Waals surface area (Å²) in [6.45, 7) is 5.39. The number of hydrogen-bond donors (Lipinski definition) is 2. The number of aryl methyl sites for hydroxylation is 1. The van der Waals surface area contributed by atoms with E-state index in [1.807, 2.05) is 26.0 Å².